The smallest absolute Gasteiger partial charge is 0.319 e. The number of carboxylic acids is 1. The number of hydrogen-bond donors (Lipinski definition) is 1. The van der Waals surface area contributed by atoms with Crippen molar-refractivity contribution in [3.8, 4) is 0 Å². The molecule has 1 fully saturated rings. The summed E-state index contributed by atoms with van der Waals surface area (Å²) in [7, 11) is -1.20. The van der Waals surface area contributed by atoms with Gasteiger partial charge in [0.25, 0.3) is 0 Å². The molecule has 0 aromatic carbocycles. The van der Waals surface area contributed by atoms with Crippen LogP contribution in [0.4, 0.5) is 0 Å². The molecular formula is C12H22O3S. The van der Waals surface area contributed by atoms with Crippen molar-refractivity contribution < 1.29 is 14.1 Å². The summed E-state index contributed by atoms with van der Waals surface area (Å²) in [6.45, 7) is 3.96. The van der Waals surface area contributed by atoms with Gasteiger partial charge < -0.3 is 5.11 Å². The average Bonchev–Trinajstić information content (AvgIpc) is 2.29. The number of carbonyl (C=O) groups is 1. The Morgan fingerprint density at radius 2 is 2.12 bits per heavy atom. The molecule has 1 rings (SSSR count). The molecule has 94 valence electrons. The maximum Gasteiger partial charge on any atom is 0.319 e. The second kappa shape index (κ2) is 6.38. The van der Waals surface area contributed by atoms with Crippen molar-refractivity contribution in [3.63, 3.8) is 0 Å². The van der Waals surface area contributed by atoms with E-state index in [1.54, 1.807) is 6.92 Å². The fourth-order valence-corrected chi connectivity index (χ4v) is 4.35. The van der Waals surface area contributed by atoms with Crippen LogP contribution in [0.25, 0.3) is 0 Å². The van der Waals surface area contributed by atoms with Crippen LogP contribution in [-0.4, -0.2) is 25.8 Å². The maximum atomic E-state index is 12.2. The van der Waals surface area contributed by atoms with E-state index in [2.05, 4.69) is 6.92 Å². The minimum absolute atomic E-state index is 0.111. The third-order valence-corrected chi connectivity index (χ3v) is 5.75. The van der Waals surface area contributed by atoms with Crippen molar-refractivity contribution in [1.82, 2.24) is 0 Å². The molecule has 1 aliphatic rings. The zero-order valence-corrected chi connectivity index (χ0v) is 11.0. The van der Waals surface area contributed by atoms with Crippen LogP contribution in [0.1, 0.15) is 52.4 Å². The van der Waals surface area contributed by atoms with E-state index in [9.17, 15) is 9.00 Å². The lowest BCUT2D eigenvalue weighted by molar-refractivity contribution is -0.136. The summed E-state index contributed by atoms with van der Waals surface area (Å²) in [6, 6.07) is 0. The molecule has 1 saturated carbocycles. The SMILES string of the molecule is CCC1CCCC(S(=O)C(CC)C(=O)O)C1. The summed E-state index contributed by atoms with van der Waals surface area (Å²) in [4.78, 5) is 11.0. The minimum atomic E-state index is -1.20. The van der Waals surface area contributed by atoms with Gasteiger partial charge in [-0.2, -0.15) is 0 Å². The van der Waals surface area contributed by atoms with Crippen LogP contribution in [0.3, 0.4) is 0 Å². The third-order valence-electron chi connectivity index (χ3n) is 3.57. The first-order chi connectivity index (χ1) is 7.60. The quantitative estimate of drug-likeness (QED) is 0.811. The first kappa shape index (κ1) is 13.7. The average molecular weight is 246 g/mol. The molecule has 0 bridgehead atoms. The molecule has 4 atom stereocenters. The van der Waals surface area contributed by atoms with E-state index in [1.807, 2.05) is 0 Å². The van der Waals surface area contributed by atoms with E-state index in [-0.39, 0.29) is 5.25 Å². The highest BCUT2D eigenvalue weighted by atomic mass is 32.2. The molecule has 4 unspecified atom stereocenters. The van der Waals surface area contributed by atoms with E-state index in [0.717, 1.165) is 25.7 Å². The Morgan fingerprint density at radius 3 is 2.62 bits per heavy atom. The Bertz CT molecular complexity index is 265. The van der Waals surface area contributed by atoms with Crippen LogP contribution in [0.5, 0.6) is 0 Å². The van der Waals surface area contributed by atoms with E-state index < -0.39 is 22.0 Å². The molecule has 4 heteroatoms. The van der Waals surface area contributed by atoms with Gasteiger partial charge in [0, 0.05) is 16.0 Å². The van der Waals surface area contributed by atoms with Crippen molar-refractivity contribution in [2.45, 2.75) is 62.9 Å². The summed E-state index contributed by atoms with van der Waals surface area (Å²) in [6.07, 6.45) is 5.80. The van der Waals surface area contributed by atoms with Gasteiger partial charge in [-0.1, -0.05) is 33.1 Å². The fourth-order valence-electron chi connectivity index (χ4n) is 2.49. The second-order valence-electron chi connectivity index (χ2n) is 4.63. The van der Waals surface area contributed by atoms with Gasteiger partial charge in [0.15, 0.2) is 0 Å². The lowest BCUT2D eigenvalue weighted by atomic mass is 9.87. The van der Waals surface area contributed by atoms with Gasteiger partial charge in [-0.3, -0.25) is 9.00 Å². The third kappa shape index (κ3) is 3.30. The zero-order valence-electron chi connectivity index (χ0n) is 10.1. The molecule has 0 saturated heterocycles. The first-order valence-electron chi connectivity index (χ1n) is 6.22. The maximum absolute atomic E-state index is 12.2. The highest BCUT2D eigenvalue weighted by Gasteiger charge is 2.32. The largest absolute Gasteiger partial charge is 0.480 e. The summed E-state index contributed by atoms with van der Waals surface area (Å²) in [5.41, 5.74) is 0. The number of hydrogen-bond acceptors (Lipinski definition) is 2. The van der Waals surface area contributed by atoms with Crippen molar-refractivity contribution in [2.75, 3.05) is 0 Å². The van der Waals surface area contributed by atoms with E-state index in [4.69, 9.17) is 5.11 Å². The molecule has 0 spiro atoms. The van der Waals surface area contributed by atoms with Crippen molar-refractivity contribution in [1.29, 1.82) is 0 Å². The molecule has 0 aliphatic heterocycles. The highest BCUT2D eigenvalue weighted by Crippen LogP contribution is 2.31. The summed E-state index contributed by atoms with van der Waals surface area (Å²) in [5.74, 6) is -0.256. The van der Waals surface area contributed by atoms with Crippen LogP contribution < -0.4 is 0 Å². The molecular weight excluding hydrogens is 224 g/mol. The molecule has 1 aliphatic carbocycles. The highest BCUT2D eigenvalue weighted by molar-refractivity contribution is 7.87. The van der Waals surface area contributed by atoms with Crippen LogP contribution in [-0.2, 0) is 15.6 Å². The molecule has 16 heavy (non-hydrogen) atoms. The van der Waals surface area contributed by atoms with E-state index >= 15 is 0 Å². The lowest BCUT2D eigenvalue weighted by Crippen LogP contribution is -2.34. The molecule has 0 aromatic rings. The Morgan fingerprint density at radius 1 is 1.44 bits per heavy atom. The number of rotatable bonds is 5. The minimum Gasteiger partial charge on any atom is -0.480 e. The van der Waals surface area contributed by atoms with Crippen LogP contribution >= 0.6 is 0 Å². The Balaban J connectivity index is 2.61. The van der Waals surface area contributed by atoms with E-state index in [1.165, 1.54) is 6.42 Å². The van der Waals surface area contributed by atoms with Crippen molar-refractivity contribution in [3.05, 3.63) is 0 Å². The molecule has 3 nitrogen and oxygen atoms in total. The standard InChI is InChI=1S/C12H22O3S/c1-3-9-6-5-7-10(8-9)16(15)11(4-2)12(13)14/h9-11H,3-8H2,1-2H3,(H,13,14). The molecule has 0 heterocycles. The number of carboxylic acid groups (broad SMARTS) is 1. The van der Waals surface area contributed by atoms with Crippen LogP contribution in [0.15, 0.2) is 0 Å². The zero-order chi connectivity index (χ0) is 12.1. The predicted octanol–water partition coefficient (Wildman–Crippen LogP) is 2.57. The summed E-state index contributed by atoms with van der Waals surface area (Å²) < 4.78 is 12.2. The van der Waals surface area contributed by atoms with Crippen molar-refractivity contribution in [2.24, 2.45) is 5.92 Å². The summed E-state index contributed by atoms with van der Waals surface area (Å²) >= 11 is 0. The van der Waals surface area contributed by atoms with Crippen molar-refractivity contribution >= 4 is 16.8 Å². The molecule has 0 aromatic heterocycles. The number of aliphatic carboxylic acids is 1. The fraction of sp³-hybridized carbons (Fsp3) is 0.917. The predicted molar refractivity (Wildman–Crippen MR) is 65.9 cm³/mol. The van der Waals surface area contributed by atoms with E-state index in [0.29, 0.717) is 12.3 Å². The van der Waals surface area contributed by atoms with Gasteiger partial charge in [-0.25, -0.2) is 0 Å². The van der Waals surface area contributed by atoms with Gasteiger partial charge >= 0.3 is 5.97 Å². The Hall–Kier alpha value is -0.380. The Labute approximate surface area is 100 Å². The second-order valence-corrected chi connectivity index (χ2v) is 6.52. The van der Waals surface area contributed by atoms with Gasteiger partial charge in [0.1, 0.15) is 5.25 Å². The van der Waals surface area contributed by atoms with Crippen LogP contribution in [0.2, 0.25) is 0 Å². The normalized spacial score (nSPS) is 29.6. The summed E-state index contributed by atoms with van der Waals surface area (Å²) in [5, 5.41) is 8.45. The van der Waals surface area contributed by atoms with Gasteiger partial charge in [0.2, 0.25) is 0 Å². The van der Waals surface area contributed by atoms with Gasteiger partial charge in [0.05, 0.1) is 0 Å². The molecule has 0 radical (unpaired) electrons. The lowest BCUT2D eigenvalue weighted by Gasteiger charge is -2.29. The molecule has 0 amide bonds. The monoisotopic (exact) mass is 246 g/mol. The van der Waals surface area contributed by atoms with Gasteiger partial charge in [-0.05, 0) is 25.2 Å². The molecule has 1 N–H and O–H groups in total. The van der Waals surface area contributed by atoms with Crippen LogP contribution in [0, 0.1) is 5.92 Å². The Kier molecular flexibility index (Phi) is 5.46. The first-order valence-corrected chi connectivity index (χ1v) is 7.49. The van der Waals surface area contributed by atoms with Gasteiger partial charge in [-0.15, -0.1) is 0 Å². The topological polar surface area (TPSA) is 54.4 Å².